The molecule has 0 saturated carbocycles. The van der Waals surface area contributed by atoms with Crippen LogP contribution in [0, 0.1) is 11.8 Å². The summed E-state index contributed by atoms with van der Waals surface area (Å²) in [5, 5.41) is 4.34. The number of nitrogens with zero attached hydrogens (tertiary/aromatic N) is 3. The van der Waals surface area contributed by atoms with Crippen molar-refractivity contribution in [3.63, 3.8) is 0 Å². The van der Waals surface area contributed by atoms with Crippen LogP contribution in [-0.2, 0) is 0 Å². The Morgan fingerprint density at radius 3 is 3.10 bits per heavy atom. The summed E-state index contributed by atoms with van der Waals surface area (Å²) >= 11 is 7.67. The highest BCUT2D eigenvalue weighted by Crippen LogP contribution is 2.36. The normalized spacial score (nSPS) is 19.0. The molecule has 1 saturated heterocycles. The first-order valence-electron chi connectivity index (χ1n) is 7.51. The first-order valence-corrected chi connectivity index (χ1v) is 8.62. The van der Waals surface area contributed by atoms with E-state index in [0.29, 0.717) is 11.8 Å². The molecule has 0 bridgehead atoms. The summed E-state index contributed by atoms with van der Waals surface area (Å²) in [4.78, 5) is 2.37. The molecular formula is C15H21ClN4S. The van der Waals surface area contributed by atoms with Gasteiger partial charge < -0.3 is 10.2 Å². The van der Waals surface area contributed by atoms with Crippen molar-refractivity contribution in [3.8, 4) is 0 Å². The lowest BCUT2D eigenvalue weighted by Crippen LogP contribution is -2.28. The summed E-state index contributed by atoms with van der Waals surface area (Å²) in [6, 6.07) is 3.88. The molecule has 1 aliphatic rings. The van der Waals surface area contributed by atoms with Gasteiger partial charge in [0.2, 0.25) is 0 Å². The van der Waals surface area contributed by atoms with E-state index in [0.717, 1.165) is 47.9 Å². The Balaban J connectivity index is 1.70. The van der Waals surface area contributed by atoms with Gasteiger partial charge in [-0.3, -0.25) is 0 Å². The van der Waals surface area contributed by atoms with Crippen molar-refractivity contribution in [3.05, 3.63) is 17.2 Å². The molecule has 1 aromatic heterocycles. The van der Waals surface area contributed by atoms with E-state index >= 15 is 0 Å². The third-order valence-corrected chi connectivity index (χ3v) is 4.79. The number of nitrogens with one attached hydrogen (secondary N) is 1. The molecular weight excluding hydrogens is 304 g/mol. The summed E-state index contributed by atoms with van der Waals surface area (Å²) in [6.07, 6.45) is 1.20. The van der Waals surface area contributed by atoms with E-state index in [9.17, 15) is 0 Å². The van der Waals surface area contributed by atoms with Crippen molar-refractivity contribution >= 4 is 40.0 Å². The minimum absolute atomic E-state index is 0.682. The molecule has 2 aromatic rings. The topological polar surface area (TPSA) is 41.0 Å². The van der Waals surface area contributed by atoms with Gasteiger partial charge in [0.05, 0.1) is 22.4 Å². The number of anilines is 1. The van der Waals surface area contributed by atoms with Gasteiger partial charge in [0.25, 0.3) is 0 Å². The first-order chi connectivity index (χ1) is 10.1. The van der Waals surface area contributed by atoms with Gasteiger partial charge in [-0.05, 0) is 43.5 Å². The zero-order valence-corrected chi connectivity index (χ0v) is 14.0. The molecule has 4 nitrogen and oxygen atoms in total. The molecule has 1 unspecified atom stereocenters. The second-order valence-electron chi connectivity index (χ2n) is 6.18. The van der Waals surface area contributed by atoms with Crippen LogP contribution in [0.3, 0.4) is 0 Å². The Morgan fingerprint density at radius 2 is 2.29 bits per heavy atom. The molecule has 114 valence electrons. The maximum atomic E-state index is 6.41. The van der Waals surface area contributed by atoms with Crippen molar-refractivity contribution in [1.82, 2.24) is 14.1 Å². The SMILES string of the molecule is CC(C)CNCC1CCN(c2c(Cl)ccc3nsnc23)C1. The number of fused-ring (bicyclic) bond motifs is 1. The highest BCUT2D eigenvalue weighted by Gasteiger charge is 2.26. The lowest BCUT2D eigenvalue weighted by Gasteiger charge is -2.20. The lowest BCUT2D eigenvalue weighted by molar-refractivity contribution is 0.477. The Hall–Kier alpha value is -0.910. The summed E-state index contributed by atoms with van der Waals surface area (Å²) < 4.78 is 8.74. The molecule has 1 aliphatic heterocycles. The third-order valence-electron chi connectivity index (χ3n) is 3.94. The number of hydrogen-bond acceptors (Lipinski definition) is 5. The summed E-state index contributed by atoms with van der Waals surface area (Å²) in [5.74, 6) is 1.38. The fourth-order valence-corrected chi connectivity index (χ4v) is 3.70. The minimum atomic E-state index is 0.682. The van der Waals surface area contributed by atoms with Gasteiger partial charge in [-0.25, -0.2) is 0 Å². The second-order valence-corrected chi connectivity index (χ2v) is 7.12. The molecule has 3 rings (SSSR count). The van der Waals surface area contributed by atoms with Crippen LogP contribution in [0.1, 0.15) is 20.3 Å². The largest absolute Gasteiger partial charge is 0.368 e. The van der Waals surface area contributed by atoms with Crippen LogP contribution in [-0.4, -0.2) is 34.9 Å². The number of rotatable bonds is 5. The summed E-state index contributed by atoms with van der Waals surface area (Å²) in [7, 11) is 0. The monoisotopic (exact) mass is 324 g/mol. The Labute approximate surface area is 134 Å². The van der Waals surface area contributed by atoms with Gasteiger partial charge in [-0.15, -0.1) is 0 Å². The number of aromatic nitrogens is 2. The molecule has 2 heterocycles. The average molecular weight is 325 g/mol. The van der Waals surface area contributed by atoms with Crippen molar-refractivity contribution in [2.45, 2.75) is 20.3 Å². The first kappa shape index (κ1) is 15.0. The number of halogens is 1. The number of benzene rings is 1. The molecule has 0 amide bonds. The summed E-state index contributed by atoms with van der Waals surface area (Å²) in [6.45, 7) is 8.74. The predicted octanol–water partition coefficient (Wildman–Crippen LogP) is 3.42. The second kappa shape index (κ2) is 6.46. The van der Waals surface area contributed by atoms with Gasteiger partial charge >= 0.3 is 0 Å². The van der Waals surface area contributed by atoms with E-state index in [1.54, 1.807) is 0 Å². The van der Waals surface area contributed by atoms with Gasteiger partial charge in [0, 0.05) is 13.1 Å². The van der Waals surface area contributed by atoms with Crippen LogP contribution in [0.2, 0.25) is 5.02 Å². The molecule has 0 spiro atoms. The van der Waals surface area contributed by atoms with Crippen molar-refractivity contribution in [2.24, 2.45) is 11.8 Å². The standard InChI is InChI=1S/C15H21ClN4S/c1-10(2)7-17-8-11-5-6-20(9-11)15-12(16)3-4-13-14(15)19-21-18-13/h3-4,10-11,17H,5-9H2,1-2H3. The van der Waals surface area contributed by atoms with Crippen LogP contribution in [0.15, 0.2) is 12.1 Å². The molecule has 1 atom stereocenters. The number of hydrogen-bond donors (Lipinski definition) is 1. The van der Waals surface area contributed by atoms with E-state index in [2.05, 4.69) is 32.8 Å². The van der Waals surface area contributed by atoms with E-state index in [1.165, 1.54) is 18.1 Å². The average Bonchev–Trinajstić information content (AvgIpc) is 3.07. The fraction of sp³-hybridized carbons (Fsp3) is 0.600. The van der Waals surface area contributed by atoms with E-state index in [-0.39, 0.29) is 0 Å². The highest BCUT2D eigenvalue weighted by atomic mass is 35.5. The van der Waals surface area contributed by atoms with Gasteiger partial charge in [0.15, 0.2) is 0 Å². The Bertz CT molecular complexity index is 613. The molecule has 1 N–H and O–H groups in total. The Kier molecular flexibility index (Phi) is 4.62. The molecule has 0 aliphatic carbocycles. The maximum absolute atomic E-state index is 6.41. The lowest BCUT2D eigenvalue weighted by atomic mass is 10.1. The smallest absolute Gasteiger partial charge is 0.129 e. The van der Waals surface area contributed by atoms with E-state index in [1.807, 2.05) is 12.1 Å². The van der Waals surface area contributed by atoms with Crippen LogP contribution in [0.5, 0.6) is 0 Å². The van der Waals surface area contributed by atoms with E-state index in [4.69, 9.17) is 11.6 Å². The molecule has 1 fully saturated rings. The third kappa shape index (κ3) is 3.30. The van der Waals surface area contributed by atoms with Crippen LogP contribution >= 0.6 is 23.3 Å². The molecule has 6 heteroatoms. The van der Waals surface area contributed by atoms with Crippen molar-refractivity contribution in [1.29, 1.82) is 0 Å². The van der Waals surface area contributed by atoms with Crippen LogP contribution < -0.4 is 10.2 Å². The highest BCUT2D eigenvalue weighted by molar-refractivity contribution is 7.00. The van der Waals surface area contributed by atoms with E-state index < -0.39 is 0 Å². The van der Waals surface area contributed by atoms with Gasteiger partial charge in [0.1, 0.15) is 11.0 Å². The Morgan fingerprint density at radius 1 is 1.43 bits per heavy atom. The van der Waals surface area contributed by atoms with Gasteiger partial charge in [-0.2, -0.15) is 8.75 Å². The van der Waals surface area contributed by atoms with Crippen LogP contribution in [0.4, 0.5) is 5.69 Å². The van der Waals surface area contributed by atoms with Crippen LogP contribution in [0.25, 0.3) is 11.0 Å². The zero-order chi connectivity index (χ0) is 14.8. The quantitative estimate of drug-likeness (QED) is 0.915. The van der Waals surface area contributed by atoms with Gasteiger partial charge in [-0.1, -0.05) is 25.4 Å². The minimum Gasteiger partial charge on any atom is -0.368 e. The molecule has 1 aromatic carbocycles. The maximum Gasteiger partial charge on any atom is 0.129 e. The molecule has 21 heavy (non-hydrogen) atoms. The van der Waals surface area contributed by atoms with Crippen molar-refractivity contribution < 1.29 is 0 Å². The predicted molar refractivity (Wildman–Crippen MR) is 90.5 cm³/mol. The fourth-order valence-electron chi connectivity index (χ4n) is 2.89. The summed E-state index contributed by atoms with van der Waals surface area (Å²) in [5.41, 5.74) is 2.96. The van der Waals surface area contributed by atoms with Crippen molar-refractivity contribution in [2.75, 3.05) is 31.1 Å². The molecule has 0 radical (unpaired) electrons. The zero-order valence-electron chi connectivity index (χ0n) is 12.5.